The summed E-state index contributed by atoms with van der Waals surface area (Å²) in [6, 6.07) is 6.26. The fraction of sp³-hybridized carbons (Fsp3) is 0.400. The molecule has 160 valence electrons. The summed E-state index contributed by atoms with van der Waals surface area (Å²) < 4.78 is 21.7. The Kier molecular flexibility index (Phi) is 7.43. The van der Waals surface area contributed by atoms with Gasteiger partial charge in [-0.25, -0.2) is 9.37 Å². The highest BCUT2D eigenvalue weighted by molar-refractivity contribution is 8.00. The molecule has 0 spiro atoms. The van der Waals surface area contributed by atoms with E-state index in [9.17, 15) is 9.18 Å². The molecule has 2 atom stereocenters. The van der Waals surface area contributed by atoms with Crippen molar-refractivity contribution >= 4 is 34.1 Å². The fourth-order valence-corrected chi connectivity index (χ4v) is 4.11. The van der Waals surface area contributed by atoms with Gasteiger partial charge in [-0.3, -0.25) is 4.79 Å². The molecular weight excluding hydrogens is 425 g/mol. The number of para-hydroxylation sites is 1. The van der Waals surface area contributed by atoms with Crippen LogP contribution in [0.4, 0.5) is 9.52 Å². The zero-order chi connectivity index (χ0) is 21.7. The molecule has 1 aromatic carbocycles. The van der Waals surface area contributed by atoms with E-state index in [1.165, 1.54) is 29.2 Å². The first-order valence-corrected chi connectivity index (χ1v) is 11.3. The number of aromatic nitrogens is 4. The largest absolute Gasteiger partial charge is 0.480 e. The van der Waals surface area contributed by atoms with E-state index in [2.05, 4.69) is 34.3 Å². The van der Waals surface area contributed by atoms with Crippen molar-refractivity contribution in [3.05, 3.63) is 47.5 Å². The van der Waals surface area contributed by atoms with Crippen molar-refractivity contribution in [1.82, 2.24) is 19.7 Å². The lowest BCUT2D eigenvalue weighted by atomic mass is 10.2. The van der Waals surface area contributed by atoms with Gasteiger partial charge in [0, 0.05) is 18.1 Å². The summed E-state index contributed by atoms with van der Waals surface area (Å²) in [4.78, 5) is 16.6. The van der Waals surface area contributed by atoms with E-state index >= 15 is 0 Å². The van der Waals surface area contributed by atoms with Crippen LogP contribution in [-0.2, 0) is 11.3 Å². The SMILES string of the molecule is CC(C)Cn1c(SC(C)C(=O)Nc2nccs2)nnc1C(C)Oc1ccccc1F. The van der Waals surface area contributed by atoms with Gasteiger partial charge < -0.3 is 14.6 Å². The monoisotopic (exact) mass is 449 g/mol. The second kappa shape index (κ2) is 10.0. The summed E-state index contributed by atoms with van der Waals surface area (Å²) in [5.74, 6) is 0.475. The van der Waals surface area contributed by atoms with Crippen LogP contribution >= 0.6 is 23.1 Å². The topological polar surface area (TPSA) is 81.9 Å². The van der Waals surface area contributed by atoms with Gasteiger partial charge in [0.05, 0.1) is 5.25 Å². The van der Waals surface area contributed by atoms with E-state index < -0.39 is 17.2 Å². The molecule has 0 aliphatic rings. The van der Waals surface area contributed by atoms with Crippen LogP contribution < -0.4 is 10.1 Å². The predicted octanol–water partition coefficient (Wildman–Crippen LogP) is 4.79. The quantitative estimate of drug-likeness (QED) is 0.473. The maximum absolute atomic E-state index is 14.0. The molecule has 3 rings (SSSR count). The Hall–Kier alpha value is -2.46. The number of anilines is 1. The summed E-state index contributed by atoms with van der Waals surface area (Å²) in [6.07, 6.45) is 1.13. The predicted molar refractivity (Wildman–Crippen MR) is 116 cm³/mol. The summed E-state index contributed by atoms with van der Waals surface area (Å²) in [6.45, 7) is 8.43. The van der Waals surface area contributed by atoms with Gasteiger partial charge in [0.15, 0.2) is 33.8 Å². The molecule has 0 saturated heterocycles. The van der Waals surface area contributed by atoms with Crippen molar-refractivity contribution in [1.29, 1.82) is 0 Å². The number of hydrogen-bond donors (Lipinski definition) is 1. The maximum atomic E-state index is 14.0. The molecule has 7 nitrogen and oxygen atoms in total. The van der Waals surface area contributed by atoms with E-state index in [1.54, 1.807) is 43.6 Å². The number of halogens is 1. The molecule has 1 amide bonds. The molecule has 1 N–H and O–H groups in total. The highest BCUT2D eigenvalue weighted by Gasteiger charge is 2.24. The molecule has 0 fully saturated rings. The van der Waals surface area contributed by atoms with Gasteiger partial charge in [0.2, 0.25) is 5.91 Å². The van der Waals surface area contributed by atoms with Crippen molar-refractivity contribution in [3.8, 4) is 5.75 Å². The van der Waals surface area contributed by atoms with Crippen molar-refractivity contribution in [2.24, 2.45) is 5.92 Å². The highest BCUT2D eigenvalue weighted by Crippen LogP contribution is 2.29. The third-order valence-electron chi connectivity index (χ3n) is 4.11. The van der Waals surface area contributed by atoms with E-state index in [0.29, 0.717) is 28.6 Å². The number of thioether (sulfide) groups is 1. The maximum Gasteiger partial charge on any atom is 0.239 e. The van der Waals surface area contributed by atoms with Crippen LogP contribution in [0.5, 0.6) is 5.75 Å². The van der Waals surface area contributed by atoms with Crippen LogP contribution in [-0.4, -0.2) is 30.9 Å². The number of amides is 1. The van der Waals surface area contributed by atoms with Gasteiger partial charge in [-0.2, -0.15) is 0 Å². The van der Waals surface area contributed by atoms with E-state index in [-0.39, 0.29) is 11.7 Å². The number of nitrogens with one attached hydrogen (secondary N) is 1. The van der Waals surface area contributed by atoms with Crippen molar-refractivity contribution in [2.75, 3.05) is 5.32 Å². The molecule has 0 aliphatic carbocycles. The molecule has 30 heavy (non-hydrogen) atoms. The van der Waals surface area contributed by atoms with Crippen LogP contribution in [0.3, 0.4) is 0 Å². The number of hydrogen-bond acceptors (Lipinski definition) is 7. The van der Waals surface area contributed by atoms with Crippen LogP contribution in [0.15, 0.2) is 41.0 Å². The Balaban J connectivity index is 1.77. The highest BCUT2D eigenvalue weighted by atomic mass is 32.2. The van der Waals surface area contributed by atoms with Crippen LogP contribution in [0, 0.1) is 11.7 Å². The van der Waals surface area contributed by atoms with Gasteiger partial charge in [0.25, 0.3) is 0 Å². The van der Waals surface area contributed by atoms with Crippen molar-refractivity contribution in [2.45, 2.75) is 50.8 Å². The smallest absolute Gasteiger partial charge is 0.239 e. The minimum Gasteiger partial charge on any atom is -0.480 e. The zero-order valence-corrected chi connectivity index (χ0v) is 18.8. The van der Waals surface area contributed by atoms with Gasteiger partial charge in [-0.1, -0.05) is 37.7 Å². The second-order valence-electron chi connectivity index (χ2n) is 7.12. The van der Waals surface area contributed by atoms with Crippen molar-refractivity contribution in [3.63, 3.8) is 0 Å². The molecule has 2 aromatic heterocycles. The number of nitrogens with zero attached hydrogens (tertiary/aromatic N) is 4. The standard InChI is InChI=1S/C20H24FN5O2S2/c1-12(2)11-26-17(13(3)28-16-8-6-5-7-15(16)21)24-25-20(26)30-14(4)18(27)23-19-22-9-10-29-19/h5-10,12-14H,11H2,1-4H3,(H,22,23,27). The van der Waals surface area contributed by atoms with E-state index in [1.807, 2.05) is 4.57 Å². The summed E-state index contributed by atoms with van der Waals surface area (Å²) in [5, 5.41) is 13.9. The number of rotatable bonds is 9. The summed E-state index contributed by atoms with van der Waals surface area (Å²) in [7, 11) is 0. The Morgan fingerprint density at radius 1 is 1.27 bits per heavy atom. The lowest BCUT2D eigenvalue weighted by Gasteiger charge is -2.18. The first-order valence-electron chi connectivity index (χ1n) is 9.56. The molecule has 0 saturated carbocycles. The van der Waals surface area contributed by atoms with E-state index in [0.717, 1.165) is 0 Å². The average molecular weight is 450 g/mol. The molecule has 0 radical (unpaired) electrons. The minimum atomic E-state index is -0.512. The van der Waals surface area contributed by atoms with Gasteiger partial charge in [0.1, 0.15) is 0 Å². The third-order valence-corrected chi connectivity index (χ3v) is 5.88. The first-order chi connectivity index (χ1) is 14.3. The number of benzene rings is 1. The first kappa shape index (κ1) is 22.2. The summed E-state index contributed by atoms with van der Waals surface area (Å²) in [5.41, 5.74) is 0. The number of carbonyl (C=O) groups excluding carboxylic acids is 1. The molecular formula is C20H24FN5O2S2. The number of carbonyl (C=O) groups is 1. The van der Waals surface area contributed by atoms with Crippen LogP contribution in [0.1, 0.15) is 39.6 Å². The average Bonchev–Trinajstić information content (AvgIpc) is 3.33. The minimum absolute atomic E-state index is 0.161. The van der Waals surface area contributed by atoms with Gasteiger partial charge in [-0.15, -0.1) is 21.5 Å². The Bertz CT molecular complexity index is 977. The van der Waals surface area contributed by atoms with Gasteiger partial charge >= 0.3 is 0 Å². The van der Waals surface area contributed by atoms with Crippen LogP contribution in [0.25, 0.3) is 0 Å². The van der Waals surface area contributed by atoms with E-state index in [4.69, 9.17) is 4.74 Å². The molecule has 2 unspecified atom stereocenters. The second-order valence-corrected chi connectivity index (χ2v) is 9.32. The zero-order valence-electron chi connectivity index (χ0n) is 17.2. The fourth-order valence-electron chi connectivity index (χ4n) is 2.71. The normalized spacial score (nSPS) is 13.3. The third kappa shape index (κ3) is 5.57. The lowest BCUT2D eigenvalue weighted by molar-refractivity contribution is -0.115. The van der Waals surface area contributed by atoms with Crippen molar-refractivity contribution < 1.29 is 13.9 Å². The Morgan fingerprint density at radius 3 is 2.70 bits per heavy atom. The molecule has 3 aromatic rings. The molecule has 2 heterocycles. The molecule has 0 bridgehead atoms. The number of ether oxygens (including phenoxy) is 1. The van der Waals surface area contributed by atoms with Crippen LogP contribution in [0.2, 0.25) is 0 Å². The Labute approximate surface area is 183 Å². The molecule has 10 heteroatoms. The summed E-state index contributed by atoms with van der Waals surface area (Å²) >= 11 is 2.68. The number of thiazole rings is 1. The Morgan fingerprint density at radius 2 is 2.03 bits per heavy atom. The lowest BCUT2D eigenvalue weighted by Crippen LogP contribution is -2.23. The van der Waals surface area contributed by atoms with Gasteiger partial charge in [-0.05, 0) is 31.9 Å². The molecule has 0 aliphatic heterocycles.